The van der Waals surface area contributed by atoms with Crippen LogP contribution in [0.1, 0.15) is 23.7 Å². The molecule has 0 spiro atoms. The fourth-order valence-electron chi connectivity index (χ4n) is 2.23. The Kier molecular flexibility index (Phi) is 3.84. The molecular formula is C13H15Cl2N3O2. The second kappa shape index (κ2) is 5.14. The van der Waals surface area contributed by atoms with Crippen molar-refractivity contribution in [2.45, 2.75) is 13.3 Å². The van der Waals surface area contributed by atoms with E-state index in [0.717, 1.165) is 0 Å². The number of primary amides is 1. The lowest BCUT2D eigenvalue weighted by atomic mass is 9.89. The third-order valence-electron chi connectivity index (χ3n) is 3.68. The molecule has 1 aromatic rings. The molecule has 0 aliphatic carbocycles. The Hall–Kier alpha value is -1.46. The highest BCUT2D eigenvalue weighted by Crippen LogP contribution is 2.33. The molecule has 20 heavy (non-hydrogen) atoms. The summed E-state index contributed by atoms with van der Waals surface area (Å²) < 4.78 is 0. The first kappa shape index (κ1) is 14.9. The van der Waals surface area contributed by atoms with Crippen LogP contribution in [-0.4, -0.2) is 29.8 Å². The van der Waals surface area contributed by atoms with Crippen LogP contribution >= 0.6 is 23.2 Å². The summed E-state index contributed by atoms with van der Waals surface area (Å²) in [4.78, 5) is 25.4. The summed E-state index contributed by atoms with van der Waals surface area (Å²) in [5, 5.41) is 0.468. The molecule has 108 valence electrons. The third-order valence-corrected chi connectivity index (χ3v) is 4.31. The van der Waals surface area contributed by atoms with Crippen LogP contribution in [0.4, 0.5) is 5.69 Å². The molecule has 0 saturated carbocycles. The van der Waals surface area contributed by atoms with Gasteiger partial charge >= 0.3 is 0 Å². The summed E-state index contributed by atoms with van der Waals surface area (Å²) in [5.41, 5.74) is 10.9. The van der Waals surface area contributed by atoms with E-state index in [0.29, 0.717) is 25.1 Å². The molecule has 4 N–H and O–H groups in total. The van der Waals surface area contributed by atoms with E-state index in [1.165, 1.54) is 12.1 Å². The summed E-state index contributed by atoms with van der Waals surface area (Å²) >= 11 is 11.8. The first-order chi connectivity index (χ1) is 9.24. The smallest absolute Gasteiger partial charge is 0.253 e. The minimum absolute atomic E-state index is 0.234. The topological polar surface area (TPSA) is 89.4 Å². The summed E-state index contributed by atoms with van der Waals surface area (Å²) in [6, 6.07) is 2.95. The van der Waals surface area contributed by atoms with Crippen LogP contribution in [0.2, 0.25) is 10.0 Å². The van der Waals surface area contributed by atoms with E-state index in [2.05, 4.69) is 0 Å². The van der Waals surface area contributed by atoms with Gasteiger partial charge in [-0.05, 0) is 25.5 Å². The number of nitrogens with two attached hydrogens (primary N) is 2. The van der Waals surface area contributed by atoms with Crippen molar-refractivity contribution < 1.29 is 9.59 Å². The second-order valence-electron chi connectivity index (χ2n) is 5.26. The molecule has 7 heteroatoms. The molecular weight excluding hydrogens is 301 g/mol. The van der Waals surface area contributed by atoms with Crippen molar-refractivity contribution in [3.8, 4) is 0 Å². The van der Waals surface area contributed by atoms with Crippen molar-refractivity contribution in [2.75, 3.05) is 18.8 Å². The highest BCUT2D eigenvalue weighted by Gasteiger charge is 2.40. The summed E-state index contributed by atoms with van der Waals surface area (Å²) in [5.74, 6) is -0.639. The van der Waals surface area contributed by atoms with Gasteiger partial charge in [0.15, 0.2) is 0 Å². The van der Waals surface area contributed by atoms with Crippen LogP contribution < -0.4 is 11.5 Å². The highest BCUT2D eigenvalue weighted by atomic mass is 35.5. The highest BCUT2D eigenvalue weighted by molar-refractivity contribution is 6.39. The Morgan fingerprint density at radius 3 is 2.30 bits per heavy atom. The number of carbonyl (C=O) groups excluding carboxylic acids is 2. The van der Waals surface area contributed by atoms with Gasteiger partial charge in [-0.2, -0.15) is 0 Å². The molecule has 1 aliphatic rings. The number of likely N-dealkylation sites (tertiary alicyclic amines) is 1. The molecule has 1 heterocycles. The first-order valence-corrected chi connectivity index (χ1v) is 6.84. The minimum atomic E-state index is -0.683. The van der Waals surface area contributed by atoms with Crippen molar-refractivity contribution in [1.29, 1.82) is 0 Å². The number of anilines is 1. The van der Waals surface area contributed by atoms with E-state index < -0.39 is 11.3 Å². The van der Waals surface area contributed by atoms with Crippen molar-refractivity contribution in [3.63, 3.8) is 0 Å². The maximum absolute atomic E-state index is 12.4. The van der Waals surface area contributed by atoms with Crippen LogP contribution in [0.25, 0.3) is 0 Å². The largest absolute Gasteiger partial charge is 0.396 e. The van der Waals surface area contributed by atoms with E-state index in [1.54, 1.807) is 11.8 Å². The van der Waals surface area contributed by atoms with Crippen LogP contribution in [0, 0.1) is 5.41 Å². The van der Waals surface area contributed by atoms with Gasteiger partial charge in [0.2, 0.25) is 5.91 Å². The molecule has 1 aliphatic heterocycles. The molecule has 0 bridgehead atoms. The Morgan fingerprint density at radius 2 is 1.85 bits per heavy atom. The quantitative estimate of drug-likeness (QED) is 0.817. The molecule has 5 nitrogen and oxygen atoms in total. The SMILES string of the molecule is CC1(C(N)=O)CCN(C(=O)c2cc(Cl)c(N)c(Cl)c2)C1. The lowest BCUT2D eigenvalue weighted by Gasteiger charge is -2.21. The Morgan fingerprint density at radius 1 is 1.30 bits per heavy atom. The molecule has 1 aromatic carbocycles. The molecule has 1 atom stereocenters. The first-order valence-electron chi connectivity index (χ1n) is 6.08. The summed E-state index contributed by atoms with van der Waals surface area (Å²) in [7, 11) is 0. The maximum Gasteiger partial charge on any atom is 0.253 e. The monoisotopic (exact) mass is 315 g/mol. The van der Waals surface area contributed by atoms with Crippen molar-refractivity contribution in [3.05, 3.63) is 27.7 Å². The fraction of sp³-hybridized carbons (Fsp3) is 0.385. The van der Waals surface area contributed by atoms with Crippen LogP contribution in [0.3, 0.4) is 0 Å². The maximum atomic E-state index is 12.4. The van der Waals surface area contributed by atoms with Crippen LogP contribution in [0.5, 0.6) is 0 Å². The number of carbonyl (C=O) groups is 2. The van der Waals surface area contributed by atoms with Gasteiger partial charge in [-0.1, -0.05) is 23.2 Å². The zero-order valence-electron chi connectivity index (χ0n) is 11.0. The van der Waals surface area contributed by atoms with E-state index in [4.69, 9.17) is 34.7 Å². The van der Waals surface area contributed by atoms with E-state index >= 15 is 0 Å². The number of nitrogens with zero attached hydrogens (tertiary/aromatic N) is 1. The average molecular weight is 316 g/mol. The van der Waals surface area contributed by atoms with Gasteiger partial charge in [-0.3, -0.25) is 9.59 Å². The predicted molar refractivity (Wildman–Crippen MR) is 78.7 cm³/mol. The molecule has 1 unspecified atom stereocenters. The third kappa shape index (κ3) is 2.55. The standard InChI is InChI=1S/C13H15Cl2N3O2/c1-13(12(17)20)2-3-18(6-13)11(19)7-4-8(14)10(16)9(15)5-7/h4-5H,2-3,6,16H2,1H3,(H2,17,20). The van der Waals surface area contributed by atoms with E-state index in [1.807, 2.05) is 0 Å². The van der Waals surface area contributed by atoms with Gasteiger partial charge in [-0.25, -0.2) is 0 Å². The van der Waals surface area contributed by atoms with Gasteiger partial charge in [0, 0.05) is 18.7 Å². The minimum Gasteiger partial charge on any atom is -0.396 e. The Bertz CT molecular complexity index is 568. The number of amides is 2. The lowest BCUT2D eigenvalue weighted by molar-refractivity contribution is -0.126. The predicted octanol–water partition coefficient (Wildman–Crippen LogP) is 1.91. The van der Waals surface area contributed by atoms with Gasteiger partial charge in [0.25, 0.3) is 5.91 Å². The van der Waals surface area contributed by atoms with Gasteiger partial charge in [0.05, 0.1) is 21.1 Å². The molecule has 1 fully saturated rings. The van der Waals surface area contributed by atoms with Crippen molar-refractivity contribution in [1.82, 2.24) is 4.90 Å². The van der Waals surface area contributed by atoms with E-state index in [9.17, 15) is 9.59 Å². The Balaban J connectivity index is 2.24. The summed E-state index contributed by atoms with van der Waals surface area (Å²) in [6.45, 7) is 2.52. The number of nitrogen functional groups attached to an aromatic ring is 1. The Labute approximate surface area is 126 Å². The molecule has 1 saturated heterocycles. The average Bonchev–Trinajstić information content (AvgIpc) is 2.78. The number of hydrogen-bond donors (Lipinski definition) is 2. The summed E-state index contributed by atoms with van der Waals surface area (Å²) in [6.07, 6.45) is 0.546. The van der Waals surface area contributed by atoms with Gasteiger partial charge in [-0.15, -0.1) is 0 Å². The van der Waals surface area contributed by atoms with Crippen LogP contribution in [0.15, 0.2) is 12.1 Å². The number of benzene rings is 1. The van der Waals surface area contributed by atoms with Crippen molar-refractivity contribution in [2.24, 2.45) is 11.1 Å². The number of hydrogen-bond acceptors (Lipinski definition) is 3. The second-order valence-corrected chi connectivity index (χ2v) is 6.07. The molecule has 2 amide bonds. The van der Waals surface area contributed by atoms with Crippen LogP contribution in [-0.2, 0) is 4.79 Å². The number of halogens is 2. The lowest BCUT2D eigenvalue weighted by Crippen LogP contribution is -2.38. The van der Waals surface area contributed by atoms with E-state index in [-0.39, 0.29) is 21.6 Å². The zero-order chi connectivity index (χ0) is 15.1. The fourth-order valence-corrected chi connectivity index (χ4v) is 2.71. The number of rotatable bonds is 2. The van der Waals surface area contributed by atoms with Crippen molar-refractivity contribution >= 4 is 40.7 Å². The van der Waals surface area contributed by atoms with Gasteiger partial charge in [0.1, 0.15) is 0 Å². The molecule has 2 rings (SSSR count). The zero-order valence-corrected chi connectivity index (χ0v) is 12.5. The molecule has 0 radical (unpaired) electrons. The normalized spacial score (nSPS) is 22.1. The van der Waals surface area contributed by atoms with Gasteiger partial charge < -0.3 is 16.4 Å². The molecule has 0 aromatic heterocycles.